The van der Waals surface area contributed by atoms with Crippen LogP contribution in [0.3, 0.4) is 0 Å². The van der Waals surface area contributed by atoms with Crippen molar-refractivity contribution in [3.8, 4) is 0 Å². The van der Waals surface area contributed by atoms with Crippen LogP contribution in [0.1, 0.15) is 34.6 Å². The maximum absolute atomic E-state index is 12.1. The quantitative estimate of drug-likeness (QED) is 0.815. The van der Waals surface area contributed by atoms with Gasteiger partial charge >= 0.3 is 0 Å². The fourth-order valence-corrected chi connectivity index (χ4v) is 2.83. The van der Waals surface area contributed by atoms with Crippen LogP contribution >= 0.6 is 24.0 Å². The van der Waals surface area contributed by atoms with E-state index in [0.29, 0.717) is 4.88 Å². The molecule has 0 spiro atoms. The molecule has 0 aliphatic heterocycles. The van der Waals surface area contributed by atoms with Crippen LogP contribution in [0.4, 0.5) is 0 Å². The van der Waals surface area contributed by atoms with E-state index in [9.17, 15) is 4.79 Å². The smallest absolute Gasteiger partial charge is 0.261 e. The fraction of sp³-hybridized carbons (Fsp3) is 0.214. The number of carbonyl (C=O) groups is 1. The molecular weight excluding hydrogens is 262 g/mol. The number of carbonyl (C=O) groups excluding carboxylic acids is 1. The minimum atomic E-state index is -0.0315. The van der Waals surface area contributed by atoms with E-state index in [4.69, 9.17) is 0 Å². The zero-order chi connectivity index (χ0) is 13.0. The zero-order valence-corrected chi connectivity index (χ0v) is 11.8. The highest BCUT2D eigenvalue weighted by Crippen LogP contribution is 2.20. The van der Waals surface area contributed by atoms with Crippen LogP contribution in [0.5, 0.6) is 0 Å². The third-order valence-electron chi connectivity index (χ3n) is 2.72. The summed E-state index contributed by atoms with van der Waals surface area (Å²) in [6.07, 6.45) is 0.870. The van der Waals surface area contributed by atoms with Gasteiger partial charge in [-0.2, -0.15) is 0 Å². The maximum Gasteiger partial charge on any atom is 0.261 e. The Morgan fingerprint density at radius 1 is 1.39 bits per heavy atom. The predicted octanol–water partition coefficient (Wildman–Crippen LogP) is 3.92. The second kappa shape index (κ2) is 6.07. The molecular formula is C14H15NOS2. The Balaban J connectivity index is 2.10. The number of hydrogen-bond donors (Lipinski definition) is 2. The lowest BCUT2D eigenvalue weighted by Crippen LogP contribution is -2.27. The average Bonchev–Trinajstić information content (AvgIpc) is 2.83. The number of thiophene rings is 1. The Bertz CT molecular complexity index is 522. The minimum Gasteiger partial charge on any atom is -0.345 e. The summed E-state index contributed by atoms with van der Waals surface area (Å²) in [7, 11) is 0. The third kappa shape index (κ3) is 3.15. The van der Waals surface area contributed by atoms with Crippen molar-refractivity contribution in [1.29, 1.82) is 0 Å². The molecule has 0 saturated carbocycles. The van der Waals surface area contributed by atoms with Gasteiger partial charge < -0.3 is 5.32 Å². The van der Waals surface area contributed by atoms with Crippen molar-refractivity contribution >= 4 is 29.9 Å². The van der Waals surface area contributed by atoms with Gasteiger partial charge in [0.15, 0.2) is 0 Å². The van der Waals surface area contributed by atoms with Gasteiger partial charge in [-0.15, -0.1) is 24.0 Å². The van der Waals surface area contributed by atoms with Crippen LogP contribution in [0.25, 0.3) is 0 Å². The Morgan fingerprint density at radius 2 is 2.11 bits per heavy atom. The van der Waals surface area contributed by atoms with Crippen molar-refractivity contribution in [2.45, 2.75) is 24.3 Å². The molecule has 2 aromatic rings. The normalized spacial score (nSPS) is 12.1. The number of rotatable bonds is 4. The summed E-state index contributed by atoms with van der Waals surface area (Å²) in [4.78, 5) is 13.6. The monoisotopic (exact) mass is 277 g/mol. The lowest BCUT2D eigenvalue weighted by Gasteiger charge is -2.16. The van der Waals surface area contributed by atoms with Crippen LogP contribution < -0.4 is 5.32 Å². The fourth-order valence-electron chi connectivity index (χ4n) is 1.78. The van der Waals surface area contributed by atoms with Crippen LogP contribution in [-0.4, -0.2) is 5.91 Å². The molecule has 0 aliphatic carbocycles. The van der Waals surface area contributed by atoms with Crippen LogP contribution in [0, 0.1) is 0 Å². The molecule has 4 heteroatoms. The second-order valence-electron chi connectivity index (χ2n) is 4.01. The van der Waals surface area contributed by atoms with Gasteiger partial charge in [-0.05, 0) is 18.1 Å². The van der Waals surface area contributed by atoms with Crippen molar-refractivity contribution in [2.24, 2.45) is 0 Å². The molecule has 2 nitrogen and oxygen atoms in total. The van der Waals surface area contributed by atoms with E-state index in [1.165, 1.54) is 11.3 Å². The molecule has 2 rings (SSSR count). The summed E-state index contributed by atoms with van der Waals surface area (Å²) in [5.74, 6) is -0.0315. The largest absolute Gasteiger partial charge is 0.345 e. The molecule has 0 fully saturated rings. The molecule has 1 aromatic carbocycles. The van der Waals surface area contributed by atoms with Crippen LogP contribution in [-0.2, 0) is 0 Å². The topological polar surface area (TPSA) is 29.1 Å². The first-order valence-corrected chi connectivity index (χ1v) is 7.16. The van der Waals surface area contributed by atoms with E-state index in [1.54, 1.807) is 6.07 Å². The van der Waals surface area contributed by atoms with Crippen LogP contribution in [0.2, 0.25) is 0 Å². The molecule has 1 heterocycles. The number of amides is 1. The first kappa shape index (κ1) is 13.2. The van der Waals surface area contributed by atoms with Crippen LogP contribution in [0.15, 0.2) is 46.7 Å². The first-order valence-electron chi connectivity index (χ1n) is 5.84. The van der Waals surface area contributed by atoms with Gasteiger partial charge in [0.05, 0.1) is 10.9 Å². The molecule has 94 valence electrons. The minimum absolute atomic E-state index is 0.0315. The lowest BCUT2D eigenvalue weighted by molar-refractivity contribution is 0.0939. The second-order valence-corrected chi connectivity index (χ2v) is 5.44. The standard InChI is InChI=1S/C14H15NOS2/c1-2-12(10-6-4-3-5-7-10)15-14(16)13-8-11(17)9-18-13/h3-9,12,17H,2H2,1H3,(H,15,16). The van der Waals surface area contributed by atoms with Gasteiger partial charge in [-0.1, -0.05) is 37.3 Å². The summed E-state index contributed by atoms with van der Waals surface area (Å²) in [6.45, 7) is 2.07. The molecule has 0 radical (unpaired) electrons. The molecule has 1 amide bonds. The van der Waals surface area contributed by atoms with Gasteiger partial charge in [-0.3, -0.25) is 4.79 Å². The SMILES string of the molecule is CCC(NC(=O)c1cc(S)cs1)c1ccccc1. The van der Waals surface area contributed by atoms with Crippen molar-refractivity contribution < 1.29 is 4.79 Å². The van der Waals surface area contributed by atoms with Crippen molar-refractivity contribution in [3.63, 3.8) is 0 Å². The van der Waals surface area contributed by atoms with Crippen molar-refractivity contribution in [2.75, 3.05) is 0 Å². The van der Waals surface area contributed by atoms with E-state index in [2.05, 4.69) is 24.9 Å². The summed E-state index contributed by atoms with van der Waals surface area (Å²) in [6, 6.07) is 11.9. The molecule has 1 atom stereocenters. The van der Waals surface area contributed by atoms with E-state index in [-0.39, 0.29) is 11.9 Å². The Labute approximate surface area is 116 Å². The van der Waals surface area contributed by atoms with Crippen molar-refractivity contribution in [3.05, 3.63) is 52.2 Å². The Hall–Kier alpha value is -1.26. The van der Waals surface area contributed by atoms with Gasteiger partial charge in [-0.25, -0.2) is 0 Å². The third-order valence-corrected chi connectivity index (χ3v) is 4.09. The van der Waals surface area contributed by atoms with E-state index >= 15 is 0 Å². The molecule has 0 aliphatic rings. The molecule has 1 unspecified atom stereocenters. The van der Waals surface area contributed by atoms with E-state index in [1.807, 2.05) is 35.7 Å². The highest BCUT2D eigenvalue weighted by atomic mass is 32.1. The molecule has 1 N–H and O–H groups in total. The van der Waals surface area contributed by atoms with E-state index < -0.39 is 0 Å². The highest BCUT2D eigenvalue weighted by Gasteiger charge is 2.14. The van der Waals surface area contributed by atoms with Gasteiger partial charge in [0.1, 0.15) is 0 Å². The Kier molecular flexibility index (Phi) is 4.44. The number of thiol groups is 1. The first-order chi connectivity index (χ1) is 8.70. The lowest BCUT2D eigenvalue weighted by atomic mass is 10.0. The maximum atomic E-state index is 12.1. The van der Waals surface area contributed by atoms with Gasteiger partial charge in [0.25, 0.3) is 5.91 Å². The summed E-state index contributed by atoms with van der Waals surface area (Å²) < 4.78 is 0. The molecule has 0 bridgehead atoms. The molecule has 1 aromatic heterocycles. The Morgan fingerprint density at radius 3 is 2.67 bits per heavy atom. The summed E-state index contributed by atoms with van der Waals surface area (Å²) in [5.41, 5.74) is 1.14. The molecule has 18 heavy (non-hydrogen) atoms. The predicted molar refractivity (Wildman–Crippen MR) is 78.5 cm³/mol. The summed E-state index contributed by atoms with van der Waals surface area (Å²) >= 11 is 5.63. The van der Waals surface area contributed by atoms with Gasteiger partial charge in [0, 0.05) is 10.3 Å². The highest BCUT2D eigenvalue weighted by molar-refractivity contribution is 7.80. The van der Waals surface area contributed by atoms with Crippen molar-refractivity contribution in [1.82, 2.24) is 5.32 Å². The summed E-state index contributed by atoms with van der Waals surface area (Å²) in [5, 5.41) is 4.91. The average molecular weight is 277 g/mol. The number of benzene rings is 1. The van der Waals surface area contributed by atoms with E-state index in [0.717, 1.165) is 16.9 Å². The zero-order valence-electron chi connectivity index (χ0n) is 10.1. The molecule has 0 saturated heterocycles. The van der Waals surface area contributed by atoms with Gasteiger partial charge in [0.2, 0.25) is 0 Å². The number of nitrogens with one attached hydrogen (secondary N) is 1. The number of hydrogen-bond acceptors (Lipinski definition) is 3.